The predicted octanol–water partition coefficient (Wildman–Crippen LogP) is 1.79. The van der Waals surface area contributed by atoms with Crippen LogP contribution in [0.15, 0.2) is 36.9 Å². The number of nitrogens with zero attached hydrogens (tertiary/aromatic N) is 1. The molecular weight excluding hydrogens is 206 g/mol. The maximum Gasteiger partial charge on any atom is 0.285 e. The molecule has 0 radical (unpaired) electrons. The van der Waals surface area contributed by atoms with Crippen LogP contribution < -0.4 is 0 Å². The standard InChI is InChI=1S/C12H11NO3/c1-2-3-8-16-13-11(14)9-6-4-5-7-10(9)12(13)15/h2,4-7H,1,3,8H2. The first-order valence-electron chi connectivity index (χ1n) is 4.97. The van der Waals surface area contributed by atoms with Gasteiger partial charge in [-0.3, -0.25) is 14.4 Å². The van der Waals surface area contributed by atoms with E-state index in [9.17, 15) is 9.59 Å². The van der Waals surface area contributed by atoms with Crippen molar-refractivity contribution in [1.82, 2.24) is 5.06 Å². The Morgan fingerprint density at radius 2 is 1.75 bits per heavy atom. The maximum absolute atomic E-state index is 11.8. The van der Waals surface area contributed by atoms with Gasteiger partial charge in [-0.25, -0.2) is 0 Å². The minimum atomic E-state index is -0.398. The minimum absolute atomic E-state index is 0.273. The fraction of sp³-hybridized carbons (Fsp3) is 0.167. The van der Waals surface area contributed by atoms with Crippen molar-refractivity contribution < 1.29 is 14.4 Å². The number of benzene rings is 1. The zero-order valence-corrected chi connectivity index (χ0v) is 8.68. The van der Waals surface area contributed by atoms with Crippen molar-refractivity contribution in [1.29, 1.82) is 0 Å². The third-order valence-electron chi connectivity index (χ3n) is 2.30. The Kier molecular flexibility index (Phi) is 2.83. The molecule has 1 heterocycles. The zero-order valence-electron chi connectivity index (χ0n) is 8.68. The number of amides is 2. The molecule has 0 spiro atoms. The monoisotopic (exact) mass is 217 g/mol. The van der Waals surface area contributed by atoms with E-state index in [0.29, 0.717) is 17.5 Å². The Hall–Kier alpha value is -1.94. The van der Waals surface area contributed by atoms with Gasteiger partial charge in [-0.1, -0.05) is 18.2 Å². The fourth-order valence-electron chi connectivity index (χ4n) is 1.51. The van der Waals surface area contributed by atoms with E-state index in [1.807, 2.05) is 0 Å². The molecule has 1 aromatic rings. The molecule has 1 aromatic carbocycles. The third kappa shape index (κ3) is 1.63. The highest BCUT2D eigenvalue weighted by Gasteiger charge is 2.36. The van der Waals surface area contributed by atoms with E-state index in [1.165, 1.54) is 0 Å². The summed E-state index contributed by atoms with van der Waals surface area (Å²) in [5.41, 5.74) is 0.789. The molecule has 0 aromatic heterocycles. The molecule has 16 heavy (non-hydrogen) atoms. The molecule has 0 fully saturated rings. The lowest BCUT2D eigenvalue weighted by Crippen LogP contribution is -2.30. The number of hydrogen-bond acceptors (Lipinski definition) is 3. The summed E-state index contributed by atoms with van der Waals surface area (Å²) in [6.07, 6.45) is 2.26. The Balaban J connectivity index is 2.18. The van der Waals surface area contributed by atoms with Gasteiger partial charge in [0, 0.05) is 0 Å². The van der Waals surface area contributed by atoms with Gasteiger partial charge < -0.3 is 0 Å². The van der Waals surface area contributed by atoms with Gasteiger partial charge in [0.25, 0.3) is 11.8 Å². The maximum atomic E-state index is 11.8. The normalized spacial score (nSPS) is 14.1. The molecule has 82 valence electrons. The zero-order chi connectivity index (χ0) is 11.5. The molecule has 0 aliphatic carbocycles. The average Bonchev–Trinajstić information content (AvgIpc) is 2.55. The number of carbonyl (C=O) groups is 2. The quantitative estimate of drug-likeness (QED) is 0.439. The lowest BCUT2D eigenvalue weighted by Gasteiger charge is -2.11. The van der Waals surface area contributed by atoms with Gasteiger partial charge in [0.1, 0.15) is 0 Å². The number of rotatable bonds is 4. The van der Waals surface area contributed by atoms with Gasteiger partial charge >= 0.3 is 0 Å². The first-order valence-corrected chi connectivity index (χ1v) is 4.97. The van der Waals surface area contributed by atoms with Crippen molar-refractivity contribution in [2.24, 2.45) is 0 Å². The van der Waals surface area contributed by atoms with Gasteiger partial charge in [0.2, 0.25) is 0 Å². The molecule has 0 saturated heterocycles. The highest BCUT2D eigenvalue weighted by Crippen LogP contribution is 2.22. The summed E-state index contributed by atoms with van der Waals surface area (Å²) in [7, 11) is 0. The van der Waals surface area contributed by atoms with Crippen LogP contribution in [0.2, 0.25) is 0 Å². The van der Waals surface area contributed by atoms with E-state index in [4.69, 9.17) is 4.84 Å². The lowest BCUT2D eigenvalue weighted by atomic mass is 10.1. The second-order valence-corrected chi connectivity index (χ2v) is 3.36. The highest BCUT2D eigenvalue weighted by atomic mass is 16.7. The number of carbonyl (C=O) groups excluding carboxylic acids is 2. The summed E-state index contributed by atoms with van der Waals surface area (Å²) in [5, 5.41) is 0.814. The number of fused-ring (bicyclic) bond motifs is 1. The Morgan fingerprint density at radius 1 is 1.19 bits per heavy atom. The summed E-state index contributed by atoms with van der Waals surface area (Å²) < 4.78 is 0. The largest absolute Gasteiger partial charge is 0.285 e. The summed E-state index contributed by atoms with van der Waals surface area (Å²) >= 11 is 0. The van der Waals surface area contributed by atoms with Crippen molar-refractivity contribution in [3.8, 4) is 0 Å². The molecule has 2 rings (SSSR count). The first-order chi connectivity index (χ1) is 7.75. The van der Waals surface area contributed by atoms with Crippen LogP contribution in [0.3, 0.4) is 0 Å². The van der Waals surface area contributed by atoms with Gasteiger partial charge in [-0.2, -0.15) is 0 Å². The van der Waals surface area contributed by atoms with E-state index in [-0.39, 0.29) is 6.61 Å². The summed E-state index contributed by atoms with van der Waals surface area (Å²) in [6.45, 7) is 3.81. The van der Waals surface area contributed by atoms with Gasteiger partial charge in [0.05, 0.1) is 17.7 Å². The van der Waals surface area contributed by atoms with Gasteiger partial charge in [-0.15, -0.1) is 11.6 Å². The highest BCUT2D eigenvalue weighted by molar-refractivity contribution is 6.20. The molecule has 4 nitrogen and oxygen atoms in total. The van der Waals surface area contributed by atoms with Crippen molar-refractivity contribution in [3.63, 3.8) is 0 Å². The molecule has 0 unspecified atom stereocenters. The summed E-state index contributed by atoms with van der Waals surface area (Å²) in [5.74, 6) is -0.797. The minimum Gasteiger partial charge on any atom is -0.266 e. The number of imide groups is 1. The van der Waals surface area contributed by atoms with Crippen LogP contribution in [-0.4, -0.2) is 23.5 Å². The second kappa shape index (κ2) is 4.28. The SMILES string of the molecule is C=CCCON1C(=O)c2ccccc2C1=O. The van der Waals surface area contributed by atoms with E-state index >= 15 is 0 Å². The Morgan fingerprint density at radius 3 is 2.25 bits per heavy atom. The Labute approximate surface area is 93.1 Å². The molecule has 0 N–H and O–H groups in total. The van der Waals surface area contributed by atoms with Crippen LogP contribution in [-0.2, 0) is 4.84 Å². The third-order valence-corrected chi connectivity index (χ3v) is 2.30. The van der Waals surface area contributed by atoms with Crippen LogP contribution in [0.5, 0.6) is 0 Å². The van der Waals surface area contributed by atoms with E-state index < -0.39 is 11.8 Å². The van der Waals surface area contributed by atoms with Crippen LogP contribution in [0.1, 0.15) is 27.1 Å². The molecule has 4 heteroatoms. The molecule has 0 bridgehead atoms. The van der Waals surface area contributed by atoms with Gasteiger partial charge in [0.15, 0.2) is 0 Å². The smallest absolute Gasteiger partial charge is 0.266 e. The predicted molar refractivity (Wildman–Crippen MR) is 57.7 cm³/mol. The summed E-state index contributed by atoms with van der Waals surface area (Å²) in [4.78, 5) is 28.6. The fourth-order valence-corrected chi connectivity index (χ4v) is 1.51. The van der Waals surface area contributed by atoms with E-state index in [0.717, 1.165) is 5.06 Å². The van der Waals surface area contributed by atoms with Crippen LogP contribution in [0, 0.1) is 0 Å². The second-order valence-electron chi connectivity index (χ2n) is 3.36. The van der Waals surface area contributed by atoms with E-state index in [1.54, 1.807) is 30.3 Å². The van der Waals surface area contributed by atoms with Crippen molar-refractivity contribution >= 4 is 11.8 Å². The lowest BCUT2D eigenvalue weighted by molar-refractivity contribution is -0.0896. The van der Waals surface area contributed by atoms with Gasteiger partial charge in [-0.05, 0) is 18.6 Å². The molecule has 1 aliphatic rings. The molecular formula is C12H11NO3. The molecule has 2 amide bonds. The van der Waals surface area contributed by atoms with E-state index in [2.05, 4.69) is 6.58 Å². The molecule has 1 aliphatic heterocycles. The van der Waals surface area contributed by atoms with Crippen LogP contribution >= 0.6 is 0 Å². The average molecular weight is 217 g/mol. The Bertz CT molecular complexity index is 418. The molecule has 0 saturated carbocycles. The van der Waals surface area contributed by atoms with Crippen LogP contribution in [0.4, 0.5) is 0 Å². The number of hydrogen-bond donors (Lipinski definition) is 0. The summed E-state index contributed by atoms with van der Waals surface area (Å²) in [6, 6.07) is 6.67. The first kappa shape index (κ1) is 10.6. The molecule has 0 atom stereocenters. The van der Waals surface area contributed by atoms with Crippen LogP contribution in [0.25, 0.3) is 0 Å². The van der Waals surface area contributed by atoms with Crippen molar-refractivity contribution in [3.05, 3.63) is 48.0 Å². The van der Waals surface area contributed by atoms with Crippen molar-refractivity contribution in [2.75, 3.05) is 6.61 Å². The topological polar surface area (TPSA) is 46.6 Å². The van der Waals surface area contributed by atoms with Crippen molar-refractivity contribution in [2.45, 2.75) is 6.42 Å². The number of hydroxylamine groups is 2.